The summed E-state index contributed by atoms with van der Waals surface area (Å²) in [6, 6.07) is 0. The van der Waals surface area contributed by atoms with Gasteiger partial charge in [0.25, 0.3) is 0 Å². The van der Waals surface area contributed by atoms with E-state index in [1.165, 1.54) is 0 Å². The summed E-state index contributed by atoms with van der Waals surface area (Å²) in [5.74, 6) is -1.54. The molecule has 0 amide bonds. The second-order valence-electron chi connectivity index (χ2n) is 2.31. The fraction of sp³-hybridized carbons (Fsp3) is 0.714. The number of esters is 2. The lowest BCUT2D eigenvalue weighted by Gasteiger charge is -2.07. The van der Waals surface area contributed by atoms with Crippen LogP contribution < -0.4 is 0 Å². The van der Waals surface area contributed by atoms with Gasteiger partial charge < -0.3 is 9.47 Å². The number of carbonyl (C=O) groups excluding carboxylic acids is 2. The van der Waals surface area contributed by atoms with Crippen molar-refractivity contribution in [2.24, 2.45) is 10.2 Å². The van der Waals surface area contributed by atoms with Gasteiger partial charge in [0.15, 0.2) is 0 Å². The van der Waals surface area contributed by atoms with Crippen LogP contribution in [-0.4, -0.2) is 30.8 Å². The van der Waals surface area contributed by atoms with Crippen LogP contribution in [0.3, 0.4) is 0 Å². The number of ether oxygens (including phenoxy) is 2. The third-order valence-corrected chi connectivity index (χ3v) is 1.42. The third kappa shape index (κ3) is 1.66. The summed E-state index contributed by atoms with van der Waals surface area (Å²) < 4.78 is 9.22. The fourth-order valence-corrected chi connectivity index (χ4v) is 0.760. The molecule has 0 aliphatic carbocycles. The van der Waals surface area contributed by atoms with E-state index in [0.29, 0.717) is 0 Å². The van der Waals surface area contributed by atoms with Crippen molar-refractivity contribution >= 4 is 11.9 Å². The van der Waals surface area contributed by atoms with Crippen LogP contribution in [0.25, 0.3) is 0 Å². The molecule has 0 aromatic carbocycles. The molecule has 1 aliphatic heterocycles. The summed E-state index contributed by atoms with van der Waals surface area (Å²) in [6.07, 6.45) is 0. The van der Waals surface area contributed by atoms with Crippen LogP contribution in [0.4, 0.5) is 0 Å². The minimum absolute atomic E-state index is 0.186. The summed E-state index contributed by atoms with van der Waals surface area (Å²) in [6.45, 7) is 3.65. The second kappa shape index (κ2) is 3.51. The van der Waals surface area contributed by atoms with Crippen LogP contribution in [0, 0.1) is 0 Å². The van der Waals surface area contributed by atoms with Gasteiger partial charge in [-0.15, -0.1) is 10.2 Å². The van der Waals surface area contributed by atoms with Gasteiger partial charge in [0.1, 0.15) is 0 Å². The van der Waals surface area contributed by atoms with Crippen LogP contribution in [-0.2, 0) is 19.1 Å². The van der Waals surface area contributed by atoms with Gasteiger partial charge in [0, 0.05) is 0 Å². The quantitative estimate of drug-likeness (QED) is 0.466. The van der Waals surface area contributed by atoms with Gasteiger partial charge in [-0.05, 0) is 13.8 Å². The highest BCUT2D eigenvalue weighted by Gasteiger charge is 2.59. The molecule has 0 aromatic rings. The first-order valence-corrected chi connectivity index (χ1v) is 3.96. The van der Waals surface area contributed by atoms with Gasteiger partial charge in [-0.25, -0.2) is 9.59 Å². The van der Waals surface area contributed by atoms with E-state index in [4.69, 9.17) is 0 Å². The number of hydrogen-bond donors (Lipinski definition) is 0. The maximum absolute atomic E-state index is 11.1. The number of carbonyl (C=O) groups is 2. The molecule has 0 bridgehead atoms. The first kappa shape index (κ1) is 9.63. The lowest BCUT2D eigenvalue weighted by atomic mass is 10.2. The Morgan fingerprint density at radius 2 is 1.46 bits per heavy atom. The van der Waals surface area contributed by atoms with E-state index >= 15 is 0 Å². The van der Waals surface area contributed by atoms with Gasteiger partial charge in [0.05, 0.1) is 13.2 Å². The first-order chi connectivity index (χ1) is 6.17. The van der Waals surface area contributed by atoms with Crippen LogP contribution in [0.5, 0.6) is 0 Å². The monoisotopic (exact) mass is 186 g/mol. The third-order valence-electron chi connectivity index (χ3n) is 1.42. The topological polar surface area (TPSA) is 77.3 Å². The van der Waals surface area contributed by atoms with Crippen molar-refractivity contribution in [2.75, 3.05) is 13.2 Å². The molecule has 6 heteroatoms. The predicted octanol–water partition coefficient (Wildman–Crippen LogP) is 0.275. The molecular formula is C7H10N2O4. The molecule has 0 fully saturated rings. The molecule has 1 rings (SSSR count). The molecular weight excluding hydrogens is 176 g/mol. The average molecular weight is 186 g/mol. The first-order valence-electron chi connectivity index (χ1n) is 3.96. The van der Waals surface area contributed by atoms with E-state index in [0.717, 1.165) is 0 Å². The zero-order valence-corrected chi connectivity index (χ0v) is 7.44. The number of nitrogens with zero attached hydrogens (tertiary/aromatic N) is 2. The Bertz CT molecular complexity index is 235. The molecule has 1 aliphatic rings. The van der Waals surface area contributed by atoms with Gasteiger partial charge in [-0.1, -0.05) is 0 Å². The van der Waals surface area contributed by atoms with Crippen molar-refractivity contribution in [1.29, 1.82) is 0 Å². The standard InChI is InChI=1S/C7H10N2O4/c1-3-12-5(10)7(8-9-7)6(11)13-4-2/h3-4H2,1-2H3. The molecule has 0 N–H and O–H groups in total. The Balaban J connectivity index is 2.56. The normalized spacial score (nSPS) is 16.5. The van der Waals surface area contributed by atoms with E-state index in [1.54, 1.807) is 13.8 Å². The number of hydrogen-bond acceptors (Lipinski definition) is 6. The Hall–Kier alpha value is -1.46. The van der Waals surface area contributed by atoms with Gasteiger partial charge in [0.2, 0.25) is 0 Å². The van der Waals surface area contributed by atoms with Crippen molar-refractivity contribution in [3.8, 4) is 0 Å². The molecule has 13 heavy (non-hydrogen) atoms. The van der Waals surface area contributed by atoms with Crippen molar-refractivity contribution in [2.45, 2.75) is 19.5 Å². The maximum atomic E-state index is 11.1. The average Bonchev–Trinajstić information content (AvgIpc) is 2.85. The second-order valence-corrected chi connectivity index (χ2v) is 2.31. The summed E-state index contributed by atoms with van der Waals surface area (Å²) >= 11 is 0. The summed E-state index contributed by atoms with van der Waals surface area (Å²) in [5, 5.41) is 6.69. The summed E-state index contributed by atoms with van der Waals surface area (Å²) in [4.78, 5) is 22.3. The molecule has 0 saturated carbocycles. The lowest BCUT2D eigenvalue weighted by Crippen LogP contribution is -2.37. The van der Waals surface area contributed by atoms with Gasteiger partial charge >= 0.3 is 17.6 Å². The predicted molar refractivity (Wildman–Crippen MR) is 40.9 cm³/mol. The molecule has 0 radical (unpaired) electrons. The van der Waals surface area contributed by atoms with Crippen LogP contribution in [0.1, 0.15) is 13.8 Å². The Kier molecular flexibility index (Phi) is 2.60. The minimum Gasteiger partial charge on any atom is -0.462 e. The highest BCUT2D eigenvalue weighted by molar-refractivity contribution is 6.06. The molecule has 0 saturated heterocycles. The lowest BCUT2D eigenvalue weighted by molar-refractivity contribution is -0.159. The van der Waals surface area contributed by atoms with E-state index in [1.807, 2.05) is 0 Å². The summed E-state index contributed by atoms with van der Waals surface area (Å²) in [7, 11) is 0. The highest BCUT2D eigenvalue weighted by Crippen LogP contribution is 2.30. The SMILES string of the molecule is CCOC(=O)C1(C(=O)OCC)N=N1. The van der Waals surface area contributed by atoms with Crippen molar-refractivity contribution < 1.29 is 19.1 Å². The molecule has 72 valence electrons. The van der Waals surface area contributed by atoms with Crippen LogP contribution >= 0.6 is 0 Å². The maximum Gasteiger partial charge on any atom is 0.381 e. The zero-order chi connectivity index (χ0) is 9.90. The van der Waals surface area contributed by atoms with Gasteiger partial charge in [-0.2, -0.15) is 0 Å². The summed E-state index contributed by atoms with van der Waals surface area (Å²) in [5.41, 5.74) is -1.70. The van der Waals surface area contributed by atoms with E-state index in [9.17, 15) is 9.59 Å². The smallest absolute Gasteiger partial charge is 0.381 e. The molecule has 0 spiro atoms. The minimum atomic E-state index is -1.70. The van der Waals surface area contributed by atoms with Gasteiger partial charge in [-0.3, -0.25) is 0 Å². The molecule has 6 nitrogen and oxygen atoms in total. The fourth-order valence-electron chi connectivity index (χ4n) is 0.760. The molecule has 0 aromatic heterocycles. The van der Waals surface area contributed by atoms with Crippen molar-refractivity contribution in [3.63, 3.8) is 0 Å². The van der Waals surface area contributed by atoms with Crippen molar-refractivity contribution in [3.05, 3.63) is 0 Å². The Labute approximate surface area is 74.9 Å². The van der Waals surface area contributed by atoms with E-state index < -0.39 is 17.6 Å². The zero-order valence-electron chi connectivity index (χ0n) is 7.44. The largest absolute Gasteiger partial charge is 0.462 e. The molecule has 0 atom stereocenters. The van der Waals surface area contributed by atoms with Crippen LogP contribution in [0.15, 0.2) is 10.2 Å². The van der Waals surface area contributed by atoms with E-state index in [2.05, 4.69) is 19.7 Å². The molecule has 1 heterocycles. The number of rotatable bonds is 4. The van der Waals surface area contributed by atoms with Crippen LogP contribution in [0.2, 0.25) is 0 Å². The Morgan fingerprint density at radius 1 is 1.08 bits per heavy atom. The van der Waals surface area contributed by atoms with Crippen molar-refractivity contribution in [1.82, 2.24) is 0 Å². The van der Waals surface area contributed by atoms with E-state index in [-0.39, 0.29) is 13.2 Å². The highest BCUT2D eigenvalue weighted by atomic mass is 16.6. The Morgan fingerprint density at radius 3 is 1.69 bits per heavy atom. The molecule has 0 unspecified atom stereocenters.